The third kappa shape index (κ3) is 4.21. The largest absolute Gasteiger partial charge is 0.508 e. The molecule has 2 N–H and O–H groups in total. The minimum atomic E-state index is 0.269. The van der Waals surface area contributed by atoms with Crippen molar-refractivity contribution in [3.05, 3.63) is 54.1 Å². The molecule has 0 saturated carbocycles. The Kier molecular flexibility index (Phi) is 4.67. The number of hydrogen-bond donors (Lipinski definition) is 2. The second kappa shape index (κ2) is 6.69. The number of hydrogen-bond acceptors (Lipinski definition) is 3. The van der Waals surface area contributed by atoms with Gasteiger partial charge in [-0.1, -0.05) is 25.1 Å². The molecule has 3 nitrogen and oxygen atoms in total. The SMILES string of the molecule is CCCOc1cccc(CNc2cccc(O)c2)c1. The van der Waals surface area contributed by atoms with Crippen molar-refractivity contribution >= 4 is 5.69 Å². The Hall–Kier alpha value is -2.16. The summed E-state index contributed by atoms with van der Waals surface area (Å²) in [6, 6.07) is 15.1. The van der Waals surface area contributed by atoms with Crippen LogP contribution in [0.25, 0.3) is 0 Å². The van der Waals surface area contributed by atoms with Crippen LogP contribution in [0.1, 0.15) is 18.9 Å². The average Bonchev–Trinajstić information content (AvgIpc) is 2.43. The Morgan fingerprint density at radius 3 is 2.74 bits per heavy atom. The summed E-state index contributed by atoms with van der Waals surface area (Å²) in [6.07, 6.45) is 1.01. The number of nitrogens with one attached hydrogen (secondary N) is 1. The van der Waals surface area contributed by atoms with Gasteiger partial charge in [-0.05, 0) is 36.2 Å². The minimum absolute atomic E-state index is 0.269. The maximum Gasteiger partial charge on any atom is 0.119 e. The number of phenolic OH excluding ortho intramolecular Hbond substituents is 1. The topological polar surface area (TPSA) is 41.5 Å². The van der Waals surface area contributed by atoms with Gasteiger partial charge < -0.3 is 15.2 Å². The molecule has 0 amide bonds. The Labute approximate surface area is 113 Å². The van der Waals surface area contributed by atoms with Crippen LogP contribution in [0, 0.1) is 0 Å². The van der Waals surface area contributed by atoms with E-state index in [1.54, 1.807) is 12.1 Å². The first-order chi connectivity index (χ1) is 9.28. The summed E-state index contributed by atoms with van der Waals surface area (Å²) in [4.78, 5) is 0. The lowest BCUT2D eigenvalue weighted by molar-refractivity contribution is 0.317. The van der Waals surface area contributed by atoms with Crippen molar-refractivity contribution in [3.8, 4) is 11.5 Å². The fourth-order valence-corrected chi connectivity index (χ4v) is 1.79. The second-order valence-electron chi connectivity index (χ2n) is 4.40. The van der Waals surface area contributed by atoms with Gasteiger partial charge in [-0.15, -0.1) is 0 Å². The predicted octanol–water partition coefficient (Wildman–Crippen LogP) is 3.79. The smallest absolute Gasteiger partial charge is 0.119 e. The van der Waals surface area contributed by atoms with E-state index in [0.29, 0.717) is 6.54 Å². The van der Waals surface area contributed by atoms with E-state index in [0.717, 1.165) is 30.0 Å². The molecule has 0 atom stereocenters. The number of rotatable bonds is 6. The summed E-state index contributed by atoms with van der Waals surface area (Å²) in [6.45, 7) is 3.53. The minimum Gasteiger partial charge on any atom is -0.508 e. The second-order valence-corrected chi connectivity index (χ2v) is 4.40. The van der Waals surface area contributed by atoms with Crippen LogP contribution in [0.5, 0.6) is 11.5 Å². The van der Waals surface area contributed by atoms with Crippen LogP contribution in [-0.4, -0.2) is 11.7 Å². The Morgan fingerprint density at radius 1 is 1.11 bits per heavy atom. The van der Waals surface area contributed by atoms with Crippen LogP contribution >= 0.6 is 0 Å². The molecule has 0 radical (unpaired) electrons. The average molecular weight is 257 g/mol. The highest BCUT2D eigenvalue weighted by Gasteiger charge is 1.98. The third-order valence-electron chi connectivity index (χ3n) is 2.71. The van der Waals surface area contributed by atoms with E-state index in [4.69, 9.17) is 4.74 Å². The van der Waals surface area contributed by atoms with E-state index in [-0.39, 0.29) is 5.75 Å². The molecule has 0 fully saturated rings. The summed E-state index contributed by atoms with van der Waals surface area (Å²) in [7, 11) is 0. The zero-order valence-corrected chi connectivity index (χ0v) is 11.1. The van der Waals surface area contributed by atoms with Crippen LogP contribution in [0.2, 0.25) is 0 Å². The first-order valence-electron chi connectivity index (χ1n) is 6.52. The van der Waals surface area contributed by atoms with E-state index in [1.165, 1.54) is 0 Å². The molecule has 0 saturated heterocycles. The molecule has 0 aromatic heterocycles. The maximum atomic E-state index is 9.39. The predicted molar refractivity (Wildman–Crippen MR) is 77.7 cm³/mol. The van der Waals surface area contributed by atoms with E-state index >= 15 is 0 Å². The van der Waals surface area contributed by atoms with Gasteiger partial charge in [-0.2, -0.15) is 0 Å². The highest BCUT2D eigenvalue weighted by Crippen LogP contribution is 2.18. The highest BCUT2D eigenvalue weighted by molar-refractivity contribution is 5.48. The number of anilines is 1. The molecule has 3 heteroatoms. The molecule has 0 bridgehead atoms. The van der Waals surface area contributed by atoms with E-state index < -0.39 is 0 Å². The first kappa shape index (κ1) is 13.3. The summed E-state index contributed by atoms with van der Waals surface area (Å²) in [5.41, 5.74) is 2.05. The van der Waals surface area contributed by atoms with Crippen LogP contribution < -0.4 is 10.1 Å². The van der Waals surface area contributed by atoms with Crippen molar-refractivity contribution in [1.29, 1.82) is 0 Å². The summed E-state index contributed by atoms with van der Waals surface area (Å²) >= 11 is 0. The summed E-state index contributed by atoms with van der Waals surface area (Å²) in [5.74, 6) is 1.17. The maximum absolute atomic E-state index is 9.39. The molecule has 0 spiro atoms. The monoisotopic (exact) mass is 257 g/mol. The van der Waals surface area contributed by atoms with Crippen LogP contribution in [0.3, 0.4) is 0 Å². The number of ether oxygens (including phenoxy) is 1. The Morgan fingerprint density at radius 2 is 1.95 bits per heavy atom. The Bertz CT molecular complexity index is 526. The standard InChI is InChI=1S/C16H19NO2/c1-2-9-19-16-8-3-5-13(10-16)12-17-14-6-4-7-15(18)11-14/h3-8,10-11,17-18H,2,9,12H2,1H3. The van der Waals surface area contributed by atoms with Gasteiger partial charge in [0, 0.05) is 18.3 Å². The first-order valence-corrected chi connectivity index (χ1v) is 6.52. The van der Waals surface area contributed by atoms with Crippen molar-refractivity contribution < 1.29 is 9.84 Å². The van der Waals surface area contributed by atoms with E-state index in [9.17, 15) is 5.11 Å². The Balaban J connectivity index is 1.95. The zero-order valence-electron chi connectivity index (χ0n) is 11.1. The molecule has 2 rings (SSSR count). The van der Waals surface area contributed by atoms with Gasteiger partial charge in [0.1, 0.15) is 11.5 Å². The van der Waals surface area contributed by atoms with Gasteiger partial charge in [-0.25, -0.2) is 0 Å². The van der Waals surface area contributed by atoms with Gasteiger partial charge in [0.2, 0.25) is 0 Å². The summed E-state index contributed by atoms with van der Waals surface area (Å²) < 4.78 is 5.60. The lowest BCUT2D eigenvalue weighted by Crippen LogP contribution is -2.00. The van der Waals surface area contributed by atoms with Gasteiger partial charge in [-0.3, -0.25) is 0 Å². The molecule has 2 aromatic carbocycles. The van der Waals surface area contributed by atoms with E-state index in [1.807, 2.05) is 30.3 Å². The quantitative estimate of drug-likeness (QED) is 0.827. The summed E-state index contributed by atoms with van der Waals surface area (Å²) in [5, 5.41) is 12.7. The number of benzene rings is 2. The third-order valence-corrected chi connectivity index (χ3v) is 2.71. The van der Waals surface area contributed by atoms with Crippen LogP contribution in [-0.2, 0) is 6.54 Å². The van der Waals surface area contributed by atoms with Crippen molar-refractivity contribution in [2.75, 3.05) is 11.9 Å². The molecular formula is C16H19NO2. The normalized spacial score (nSPS) is 10.2. The van der Waals surface area contributed by atoms with Gasteiger partial charge in [0.15, 0.2) is 0 Å². The van der Waals surface area contributed by atoms with Crippen molar-refractivity contribution in [2.45, 2.75) is 19.9 Å². The molecule has 0 aliphatic heterocycles. The fourth-order valence-electron chi connectivity index (χ4n) is 1.79. The molecule has 2 aromatic rings. The van der Waals surface area contributed by atoms with Gasteiger partial charge in [0.05, 0.1) is 6.61 Å². The van der Waals surface area contributed by atoms with Crippen LogP contribution in [0.4, 0.5) is 5.69 Å². The lowest BCUT2D eigenvalue weighted by Gasteiger charge is -2.09. The molecule has 19 heavy (non-hydrogen) atoms. The number of phenols is 1. The fraction of sp³-hybridized carbons (Fsp3) is 0.250. The number of aromatic hydroxyl groups is 1. The van der Waals surface area contributed by atoms with Gasteiger partial charge >= 0.3 is 0 Å². The lowest BCUT2D eigenvalue weighted by atomic mass is 10.2. The van der Waals surface area contributed by atoms with E-state index in [2.05, 4.69) is 18.3 Å². The zero-order chi connectivity index (χ0) is 13.5. The van der Waals surface area contributed by atoms with Gasteiger partial charge in [0.25, 0.3) is 0 Å². The van der Waals surface area contributed by atoms with Crippen molar-refractivity contribution in [1.82, 2.24) is 0 Å². The molecule has 0 aliphatic rings. The van der Waals surface area contributed by atoms with Crippen LogP contribution in [0.15, 0.2) is 48.5 Å². The van der Waals surface area contributed by atoms with Crippen molar-refractivity contribution in [2.24, 2.45) is 0 Å². The molecular weight excluding hydrogens is 238 g/mol. The molecule has 100 valence electrons. The molecule has 0 heterocycles. The highest BCUT2D eigenvalue weighted by atomic mass is 16.5. The van der Waals surface area contributed by atoms with Crippen molar-refractivity contribution in [3.63, 3.8) is 0 Å². The molecule has 0 unspecified atom stereocenters. The molecule has 0 aliphatic carbocycles.